The molecule has 0 aromatic heterocycles. The normalized spacial score (nSPS) is 16.9. The Bertz CT molecular complexity index is 170. The van der Waals surface area contributed by atoms with Gasteiger partial charge in [-0.05, 0) is 20.0 Å². The fourth-order valence-electron chi connectivity index (χ4n) is 0.664. The summed E-state index contributed by atoms with van der Waals surface area (Å²) in [5.74, 6) is 0.285. The van der Waals surface area contributed by atoms with Crippen molar-refractivity contribution in [2.24, 2.45) is 5.92 Å². The van der Waals surface area contributed by atoms with Gasteiger partial charge in [-0.2, -0.15) is 0 Å². The van der Waals surface area contributed by atoms with Gasteiger partial charge in [-0.25, -0.2) is 0 Å². The van der Waals surface area contributed by atoms with Crippen molar-refractivity contribution in [2.75, 3.05) is 27.0 Å². The summed E-state index contributed by atoms with van der Waals surface area (Å²) in [5, 5.41) is 0. The van der Waals surface area contributed by atoms with Crippen LogP contribution in [0.15, 0.2) is 0 Å². The van der Waals surface area contributed by atoms with E-state index in [2.05, 4.69) is 0 Å². The lowest BCUT2D eigenvalue weighted by molar-refractivity contribution is 0.219. The van der Waals surface area contributed by atoms with E-state index in [1.54, 1.807) is 19.0 Å². The van der Waals surface area contributed by atoms with Gasteiger partial charge in [-0.3, -0.25) is 9.46 Å². The molecule has 0 aromatic carbocycles. The first-order chi connectivity index (χ1) is 5.33. The summed E-state index contributed by atoms with van der Waals surface area (Å²) < 4.78 is 16.1. The highest BCUT2D eigenvalue weighted by molar-refractivity contribution is 7.52. The molecular formula is C7H18NO3P. The number of hydrogen-bond acceptors (Lipinski definition) is 3. The molecule has 0 saturated carbocycles. The van der Waals surface area contributed by atoms with Crippen LogP contribution < -0.4 is 0 Å². The fourth-order valence-corrected chi connectivity index (χ4v) is 1.99. The smallest absolute Gasteiger partial charge is 0.323 e. The van der Waals surface area contributed by atoms with Gasteiger partial charge in [0.25, 0.3) is 0 Å². The van der Waals surface area contributed by atoms with Crippen molar-refractivity contribution >= 4 is 7.60 Å². The maximum absolute atomic E-state index is 11.2. The van der Waals surface area contributed by atoms with Crippen LogP contribution in [-0.2, 0) is 9.09 Å². The van der Waals surface area contributed by atoms with E-state index in [9.17, 15) is 9.46 Å². The molecule has 0 heterocycles. The van der Waals surface area contributed by atoms with Crippen LogP contribution >= 0.6 is 7.60 Å². The molecule has 0 fully saturated rings. The van der Waals surface area contributed by atoms with Crippen LogP contribution in [0.25, 0.3) is 0 Å². The predicted molar refractivity (Wildman–Crippen MR) is 49.2 cm³/mol. The minimum atomic E-state index is -3.38. The summed E-state index contributed by atoms with van der Waals surface area (Å²) in [6.45, 7) is 4.22. The third-order valence-electron chi connectivity index (χ3n) is 1.07. The van der Waals surface area contributed by atoms with E-state index in [4.69, 9.17) is 4.52 Å². The number of rotatable bonds is 5. The van der Waals surface area contributed by atoms with Crippen LogP contribution in [0.1, 0.15) is 13.8 Å². The van der Waals surface area contributed by atoms with Gasteiger partial charge in [0, 0.05) is 0 Å². The largest absolute Gasteiger partial charge is 0.341 e. The lowest BCUT2D eigenvalue weighted by Crippen LogP contribution is -2.15. The van der Waals surface area contributed by atoms with Gasteiger partial charge in [-0.1, -0.05) is 13.8 Å². The summed E-state index contributed by atoms with van der Waals surface area (Å²) in [7, 11) is 0.0988. The Morgan fingerprint density at radius 2 is 2.00 bits per heavy atom. The molecule has 1 atom stereocenters. The van der Waals surface area contributed by atoms with E-state index in [0.29, 0.717) is 6.61 Å². The van der Waals surface area contributed by atoms with Gasteiger partial charge < -0.3 is 9.42 Å². The number of nitrogens with zero attached hydrogens (tertiary/aromatic N) is 1. The zero-order valence-electron chi connectivity index (χ0n) is 8.15. The SMILES string of the molecule is CC(C)COP(=O)(O)CN(C)C. The lowest BCUT2D eigenvalue weighted by Gasteiger charge is -2.17. The molecule has 1 unspecified atom stereocenters. The first-order valence-electron chi connectivity index (χ1n) is 3.94. The highest BCUT2D eigenvalue weighted by Gasteiger charge is 2.20. The molecule has 0 bridgehead atoms. The molecule has 0 aliphatic rings. The van der Waals surface area contributed by atoms with Gasteiger partial charge >= 0.3 is 7.60 Å². The van der Waals surface area contributed by atoms with Gasteiger partial charge in [0.2, 0.25) is 0 Å². The lowest BCUT2D eigenvalue weighted by atomic mass is 10.2. The number of hydrogen-bond donors (Lipinski definition) is 1. The summed E-state index contributed by atoms with van der Waals surface area (Å²) in [6.07, 6.45) is 0.0831. The Morgan fingerprint density at radius 1 is 1.50 bits per heavy atom. The molecule has 0 radical (unpaired) electrons. The average Bonchev–Trinajstić information content (AvgIpc) is 1.81. The molecule has 0 aliphatic carbocycles. The van der Waals surface area contributed by atoms with Crippen molar-refractivity contribution in [3.8, 4) is 0 Å². The maximum Gasteiger partial charge on any atom is 0.341 e. The third-order valence-corrected chi connectivity index (χ3v) is 2.55. The van der Waals surface area contributed by atoms with Gasteiger partial charge in [-0.15, -0.1) is 0 Å². The molecule has 0 amide bonds. The molecule has 0 aromatic rings. The zero-order valence-corrected chi connectivity index (χ0v) is 9.04. The second kappa shape index (κ2) is 4.97. The molecule has 0 spiro atoms. The Balaban J connectivity index is 3.80. The molecule has 5 heteroatoms. The van der Waals surface area contributed by atoms with Crippen molar-refractivity contribution in [2.45, 2.75) is 13.8 Å². The summed E-state index contributed by atoms with van der Waals surface area (Å²) in [5.41, 5.74) is 0. The Morgan fingerprint density at radius 3 is 2.33 bits per heavy atom. The van der Waals surface area contributed by atoms with Crippen LogP contribution in [0.2, 0.25) is 0 Å². The van der Waals surface area contributed by atoms with Crippen LogP contribution in [0, 0.1) is 5.92 Å². The highest BCUT2D eigenvalue weighted by atomic mass is 31.2. The summed E-state index contributed by atoms with van der Waals surface area (Å²) in [4.78, 5) is 10.9. The molecule has 0 rings (SSSR count). The Hall–Kier alpha value is 0.110. The van der Waals surface area contributed by atoms with Crippen LogP contribution in [-0.4, -0.2) is 36.8 Å². The first-order valence-corrected chi connectivity index (χ1v) is 5.71. The van der Waals surface area contributed by atoms with Crippen LogP contribution in [0.3, 0.4) is 0 Å². The monoisotopic (exact) mass is 195 g/mol. The Kier molecular flexibility index (Phi) is 5.02. The summed E-state index contributed by atoms with van der Waals surface area (Å²) in [6, 6.07) is 0. The second-order valence-electron chi connectivity index (χ2n) is 3.55. The molecule has 1 N–H and O–H groups in total. The van der Waals surface area contributed by atoms with Gasteiger partial charge in [0.15, 0.2) is 0 Å². The fraction of sp³-hybridized carbons (Fsp3) is 1.00. The van der Waals surface area contributed by atoms with Crippen molar-refractivity contribution in [3.05, 3.63) is 0 Å². The second-order valence-corrected chi connectivity index (χ2v) is 5.36. The van der Waals surface area contributed by atoms with E-state index in [1.807, 2.05) is 13.8 Å². The molecular weight excluding hydrogens is 177 g/mol. The quantitative estimate of drug-likeness (QED) is 0.673. The predicted octanol–water partition coefficient (Wildman–Crippen LogP) is 1.36. The summed E-state index contributed by atoms with van der Waals surface area (Å²) >= 11 is 0. The minimum absolute atomic E-state index is 0.0831. The van der Waals surface area contributed by atoms with Crippen LogP contribution in [0.4, 0.5) is 0 Å². The third kappa shape index (κ3) is 6.80. The molecule has 4 nitrogen and oxygen atoms in total. The maximum atomic E-state index is 11.2. The minimum Gasteiger partial charge on any atom is -0.323 e. The molecule has 0 aliphatic heterocycles. The van der Waals surface area contributed by atoms with Crippen molar-refractivity contribution < 1.29 is 14.0 Å². The molecule has 12 heavy (non-hydrogen) atoms. The molecule has 0 saturated heterocycles. The van der Waals surface area contributed by atoms with E-state index in [-0.39, 0.29) is 12.2 Å². The van der Waals surface area contributed by atoms with Gasteiger partial charge in [0.05, 0.1) is 6.61 Å². The molecule has 74 valence electrons. The standard InChI is InChI=1S/C7H18NO3P/c1-7(2)5-11-12(9,10)6-8(3)4/h7H,5-6H2,1-4H3,(H,9,10). The van der Waals surface area contributed by atoms with E-state index in [1.165, 1.54) is 0 Å². The van der Waals surface area contributed by atoms with Crippen molar-refractivity contribution in [1.82, 2.24) is 4.90 Å². The average molecular weight is 195 g/mol. The topological polar surface area (TPSA) is 49.8 Å². The highest BCUT2D eigenvalue weighted by Crippen LogP contribution is 2.42. The van der Waals surface area contributed by atoms with E-state index >= 15 is 0 Å². The first kappa shape index (κ1) is 12.1. The van der Waals surface area contributed by atoms with E-state index in [0.717, 1.165) is 0 Å². The Labute approximate surface area is 74.1 Å². The van der Waals surface area contributed by atoms with Gasteiger partial charge in [0.1, 0.15) is 6.29 Å². The van der Waals surface area contributed by atoms with E-state index < -0.39 is 7.60 Å². The van der Waals surface area contributed by atoms with Crippen molar-refractivity contribution in [3.63, 3.8) is 0 Å². The van der Waals surface area contributed by atoms with Crippen molar-refractivity contribution in [1.29, 1.82) is 0 Å². The van der Waals surface area contributed by atoms with Crippen LogP contribution in [0.5, 0.6) is 0 Å². The zero-order chi connectivity index (χ0) is 9.78.